The van der Waals surface area contributed by atoms with Crippen LogP contribution in [0.2, 0.25) is 0 Å². The van der Waals surface area contributed by atoms with Gasteiger partial charge in [-0.15, -0.1) is 0 Å². The topological polar surface area (TPSA) is 67.2 Å². The largest absolute Gasteiger partial charge is 0.372 e. The first kappa shape index (κ1) is 10.7. The molecule has 1 fully saturated rings. The van der Waals surface area contributed by atoms with E-state index in [2.05, 4.69) is 10.6 Å². The summed E-state index contributed by atoms with van der Waals surface area (Å²) in [7, 11) is 0. The fourth-order valence-electron chi connectivity index (χ4n) is 1.42. The first-order chi connectivity index (χ1) is 7.59. The Morgan fingerprint density at radius 1 is 1.44 bits per heavy atom. The molecule has 86 valence electrons. The third kappa shape index (κ3) is 1.81. The molecule has 0 spiro atoms. The Balaban J connectivity index is 2.37. The van der Waals surface area contributed by atoms with Gasteiger partial charge in [0.15, 0.2) is 17.3 Å². The van der Waals surface area contributed by atoms with E-state index in [0.29, 0.717) is 13.1 Å². The molecule has 0 aromatic heterocycles. The number of nitrogens with one attached hydrogen (secondary N) is 2. The van der Waals surface area contributed by atoms with Gasteiger partial charge >= 0.3 is 0 Å². The maximum Gasteiger partial charge on any atom is 0.295 e. The summed E-state index contributed by atoms with van der Waals surface area (Å²) in [5, 5.41) is 16.2. The Labute approximate surface area is 89.6 Å². The zero-order valence-corrected chi connectivity index (χ0v) is 8.17. The van der Waals surface area contributed by atoms with Crippen molar-refractivity contribution in [3.63, 3.8) is 0 Å². The third-order valence-corrected chi connectivity index (χ3v) is 2.40. The second-order valence-electron chi connectivity index (χ2n) is 3.51. The van der Waals surface area contributed by atoms with Gasteiger partial charge in [-0.25, -0.2) is 8.78 Å². The normalized spacial score (nSPS) is 15.6. The molecule has 1 aliphatic heterocycles. The van der Waals surface area contributed by atoms with Crippen molar-refractivity contribution in [1.82, 2.24) is 5.32 Å². The number of halogens is 2. The zero-order valence-electron chi connectivity index (χ0n) is 8.17. The molecule has 1 saturated heterocycles. The van der Waals surface area contributed by atoms with Crippen LogP contribution in [0.3, 0.4) is 0 Å². The van der Waals surface area contributed by atoms with Crippen LogP contribution in [0.5, 0.6) is 0 Å². The van der Waals surface area contributed by atoms with Gasteiger partial charge < -0.3 is 10.6 Å². The van der Waals surface area contributed by atoms with E-state index in [1.165, 1.54) is 0 Å². The highest BCUT2D eigenvalue weighted by atomic mass is 19.2. The van der Waals surface area contributed by atoms with E-state index < -0.39 is 22.2 Å². The first-order valence-corrected chi connectivity index (χ1v) is 4.69. The molecule has 0 aliphatic carbocycles. The van der Waals surface area contributed by atoms with E-state index in [4.69, 9.17) is 0 Å². The Hall–Kier alpha value is -1.76. The lowest BCUT2D eigenvalue weighted by atomic mass is 10.1. The third-order valence-electron chi connectivity index (χ3n) is 2.40. The van der Waals surface area contributed by atoms with Crippen molar-refractivity contribution in [3.8, 4) is 0 Å². The van der Waals surface area contributed by atoms with Crippen molar-refractivity contribution in [3.05, 3.63) is 33.9 Å². The van der Waals surface area contributed by atoms with E-state index in [1.54, 1.807) is 0 Å². The molecule has 1 heterocycles. The molecule has 0 saturated carbocycles. The molecular weight excluding hydrogens is 220 g/mol. The number of hydrogen-bond donors (Lipinski definition) is 2. The summed E-state index contributed by atoms with van der Waals surface area (Å²) >= 11 is 0. The van der Waals surface area contributed by atoms with Crippen LogP contribution in [-0.4, -0.2) is 24.1 Å². The second-order valence-corrected chi connectivity index (χ2v) is 3.51. The molecule has 16 heavy (non-hydrogen) atoms. The van der Waals surface area contributed by atoms with Crippen molar-refractivity contribution in [1.29, 1.82) is 0 Å². The van der Waals surface area contributed by atoms with Crippen LogP contribution < -0.4 is 10.6 Å². The Bertz CT molecular complexity index is 435. The van der Waals surface area contributed by atoms with Gasteiger partial charge in [-0.1, -0.05) is 0 Å². The van der Waals surface area contributed by atoms with Crippen molar-refractivity contribution >= 4 is 11.4 Å². The maximum atomic E-state index is 13.4. The fraction of sp³-hybridized carbons (Fsp3) is 0.333. The number of benzene rings is 1. The lowest BCUT2D eigenvalue weighted by Crippen LogP contribution is -2.51. The van der Waals surface area contributed by atoms with Crippen LogP contribution in [0.1, 0.15) is 0 Å². The van der Waals surface area contributed by atoms with Crippen LogP contribution in [-0.2, 0) is 0 Å². The maximum absolute atomic E-state index is 13.4. The minimum Gasteiger partial charge on any atom is -0.372 e. The van der Waals surface area contributed by atoms with Crippen molar-refractivity contribution in [2.75, 3.05) is 18.4 Å². The quantitative estimate of drug-likeness (QED) is 0.604. The van der Waals surface area contributed by atoms with E-state index >= 15 is 0 Å². The molecule has 1 aromatic rings. The summed E-state index contributed by atoms with van der Waals surface area (Å²) < 4.78 is 26.3. The van der Waals surface area contributed by atoms with Crippen molar-refractivity contribution in [2.24, 2.45) is 0 Å². The number of nitrogens with zero attached hydrogens (tertiary/aromatic N) is 1. The Morgan fingerprint density at radius 2 is 2.12 bits per heavy atom. The summed E-state index contributed by atoms with van der Waals surface area (Å²) in [6.45, 7) is 1.15. The van der Waals surface area contributed by atoms with Gasteiger partial charge in [-0.3, -0.25) is 10.1 Å². The molecule has 5 nitrogen and oxygen atoms in total. The summed E-state index contributed by atoms with van der Waals surface area (Å²) in [4.78, 5) is 9.89. The molecule has 0 radical (unpaired) electrons. The molecule has 1 aliphatic rings. The summed E-state index contributed by atoms with van der Waals surface area (Å²) in [5.74, 6) is -2.30. The minimum atomic E-state index is -1.21. The van der Waals surface area contributed by atoms with Gasteiger partial charge in [0.2, 0.25) is 0 Å². The first-order valence-electron chi connectivity index (χ1n) is 4.69. The Kier molecular flexibility index (Phi) is 2.69. The predicted molar refractivity (Wildman–Crippen MR) is 53.3 cm³/mol. The molecule has 0 amide bonds. The summed E-state index contributed by atoms with van der Waals surface area (Å²) in [5.41, 5.74) is -0.831. The average Bonchev–Trinajstić information content (AvgIpc) is 2.17. The average molecular weight is 229 g/mol. The SMILES string of the molecule is O=[N+]([O-])c1ccc(F)c(F)c1NC1CNC1. The number of nitro benzene ring substituents is 1. The van der Waals surface area contributed by atoms with Crippen LogP contribution in [0.4, 0.5) is 20.2 Å². The molecule has 0 atom stereocenters. The molecule has 2 N–H and O–H groups in total. The summed E-state index contributed by atoms with van der Waals surface area (Å²) in [6.07, 6.45) is 0. The minimum absolute atomic E-state index is 0.102. The van der Waals surface area contributed by atoms with Crippen LogP contribution >= 0.6 is 0 Å². The van der Waals surface area contributed by atoms with E-state index in [9.17, 15) is 18.9 Å². The number of anilines is 1. The number of nitro groups is 1. The fourth-order valence-corrected chi connectivity index (χ4v) is 1.42. The highest BCUT2D eigenvalue weighted by Gasteiger charge is 2.26. The van der Waals surface area contributed by atoms with Gasteiger partial charge in [0, 0.05) is 19.2 Å². The molecule has 2 rings (SSSR count). The van der Waals surface area contributed by atoms with Crippen LogP contribution in [0.25, 0.3) is 0 Å². The Morgan fingerprint density at radius 3 is 2.62 bits per heavy atom. The molecule has 0 unspecified atom stereocenters. The summed E-state index contributed by atoms with van der Waals surface area (Å²) in [6, 6.07) is 1.60. The molecule has 0 bridgehead atoms. The molecule has 1 aromatic carbocycles. The van der Waals surface area contributed by atoms with Gasteiger partial charge in [-0.05, 0) is 6.07 Å². The van der Waals surface area contributed by atoms with Crippen molar-refractivity contribution < 1.29 is 13.7 Å². The van der Waals surface area contributed by atoms with E-state index in [-0.39, 0.29) is 11.7 Å². The van der Waals surface area contributed by atoms with Crippen LogP contribution in [0, 0.1) is 21.7 Å². The molecular formula is C9H9F2N3O2. The van der Waals surface area contributed by atoms with Gasteiger partial charge in [0.05, 0.1) is 11.0 Å². The lowest BCUT2D eigenvalue weighted by Gasteiger charge is -2.28. The lowest BCUT2D eigenvalue weighted by molar-refractivity contribution is -0.384. The predicted octanol–water partition coefficient (Wildman–Crippen LogP) is 1.26. The second kappa shape index (κ2) is 4.01. The van der Waals surface area contributed by atoms with Crippen molar-refractivity contribution in [2.45, 2.75) is 6.04 Å². The smallest absolute Gasteiger partial charge is 0.295 e. The number of hydrogen-bond acceptors (Lipinski definition) is 4. The van der Waals surface area contributed by atoms with Gasteiger partial charge in [0.1, 0.15) is 0 Å². The monoisotopic (exact) mass is 229 g/mol. The van der Waals surface area contributed by atoms with Gasteiger partial charge in [0.25, 0.3) is 5.69 Å². The van der Waals surface area contributed by atoms with Crippen LogP contribution in [0.15, 0.2) is 12.1 Å². The zero-order chi connectivity index (χ0) is 11.7. The van der Waals surface area contributed by atoms with E-state index in [0.717, 1.165) is 12.1 Å². The highest BCUT2D eigenvalue weighted by Crippen LogP contribution is 2.29. The van der Waals surface area contributed by atoms with E-state index in [1.807, 2.05) is 0 Å². The van der Waals surface area contributed by atoms with Gasteiger partial charge in [-0.2, -0.15) is 0 Å². The standard InChI is InChI=1S/C9H9F2N3O2/c10-6-1-2-7(14(15)16)9(8(6)11)13-5-3-12-4-5/h1-2,5,12-13H,3-4H2. The highest BCUT2D eigenvalue weighted by molar-refractivity contribution is 5.63. The molecule has 7 heteroatoms. The number of rotatable bonds is 3.